The fourth-order valence-corrected chi connectivity index (χ4v) is 4.62. The molecule has 1 fully saturated rings. The Balaban J connectivity index is 1.22. The smallest absolute Gasteiger partial charge is 0.231 e. The first kappa shape index (κ1) is 17.2. The average Bonchev–Trinajstić information content (AvgIpc) is 3.34. The molecule has 2 aliphatic heterocycles. The van der Waals surface area contributed by atoms with E-state index in [0.29, 0.717) is 17.2 Å². The molecule has 1 aromatic heterocycles. The normalized spacial score (nSPS) is 16.5. The van der Waals surface area contributed by atoms with Gasteiger partial charge in [0.25, 0.3) is 0 Å². The van der Waals surface area contributed by atoms with Crippen LogP contribution in [0.15, 0.2) is 36.4 Å². The number of amides is 1. The molecule has 28 heavy (non-hydrogen) atoms. The van der Waals surface area contributed by atoms with Gasteiger partial charge in [-0.1, -0.05) is 11.3 Å². The zero-order chi connectivity index (χ0) is 19.1. The molecule has 0 radical (unpaired) electrons. The van der Waals surface area contributed by atoms with Gasteiger partial charge in [0.15, 0.2) is 16.6 Å². The van der Waals surface area contributed by atoms with Crippen molar-refractivity contribution in [3.8, 4) is 11.5 Å². The van der Waals surface area contributed by atoms with E-state index >= 15 is 0 Å². The lowest BCUT2D eigenvalue weighted by Gasteiger charge is -2.31. The molecule has 2 aliphatic rings. The molecule has 3 aromatic rings. The van der Waals surface area contributed by atoms with Crippen LogP contribution in [-0.2, 0) is 4.79 Å². The summed E-state index contributed by atoms with van der Waals surface area (Å²) >= 11 is 1.49. The Morgan fingerprint density at radius 3 is 2.82 bits per heavy atom. The second-order valence-electron chi connectivity index (χ2n) is 6.93. The Kier molecular flexibility index (Phi) is 4.27. The molecule has 5 rings (SSSR count). The molecule has 3 heterocycles. The van der Waals surface area contributed by atoms with Crippen molar-refractivity contribution in [2.75, 3.05) is 30.1 Å². The number of thiazole rings is 1. The number of anilines is 2. The van der Waals surface area contributed by atoms with Crippen LogP contribution in [0.1, 0.15) is 12.8 Å². The summed E-state index contributed by atoms with van der Waals surface area (Å²) in [6.45, 7) is 1.71. The number of nitrogens with one attached hydrogen (secondary N) is 1. The van der Waals surface area contributed by atoms with Crippen molar-refractivity contribution in [2.24, 2.45) is 5.92 Å². The van der Waals surface area contributed by atoms with E-state index in [-0.39, 0.29) is 24.4 Å². The topological polar surface area (TPSA) is 63.7 Å². The van der Waals surface area contributed by atoms with E-state index < -0.39 is 0 Å². The van der Waals surface area contributed by atoms with Gasteiger partial charge < -0.3 is 19.7 Å². The first-order valence-corrected chi connectivity index (χ1v) is 9.99. The molecule has 2 aromatic carbocycles. The number of hydrogen-bond acceptors (Lipinski definition) is 6. The molecule has 8 heteroatoms. The van der Waals surface area contributed by atoms with Gasteiger partial charge in [-0.05, 0) is 43.2 Å². The van der Waals surface area contributed by atoms with Crippen LogP contribution in [-0.4, -0.2) is 30.8 Å². The van der Waals surface area contributed by atoms with E-state index in [1.807, 2.05) is 6.07 Å². The number of fused-ring (bicyclic) bond motifs is 2. The van der Waals surface area contributed by atoms with Crippen molar-refractivity contribution >= 4 is 38.3 Å². The Morgan fingerprint density at radius 2 is 1.96 bits per heavy atom. The zero-order valence-corrected chi connectivity index (χ0v) is 15.8. The highest BCUT2D eigenvalue weighted by molar-refractivity contribution is 7.22. The highest BCUT2D eigenvalue weighted by Gasteiger charge is 2.27. The van der Waals surface area contributed by atoms with Crippen LogP contribution in [0.3, 0.4) is 0 Å². The maximum Gasteiger partial charge on any atom is 0.231 e. The molecular weight excluding hydrogens is 381 g/mol. The molecule has 0 bridgehead atoms. The number of carbonyl (C=O) groups is 1. The number of hydrogen-bond donors (Lipinski definition) is 1. The first-order valence-electron chi connectivity index (χ1n) is 9.17. The average molecular weight is 399 g/mol. The van der Waals surface area contributed by atoms with Gasteiger partial charge in [0.2, 0.25) is 12.7 Å². The molecule has 1 amide bonds. The molecule has 1 saturated heterocycles. The Morgan fingerprint density at radius 1 is 1.14 bits per heavy atom. The SMILES string of the molecule is O=C(Nc1ccc2c(c1)OCO2)C1CCN(c2nc3ccc(F)cc3s2)CC1. The summed E-state index contributed by atoms with van der Waals surface area (Å²) in [6, 6.07) is 10.1. The van der Waals surface area contributed by atoms with Crippen LogP contribution in [0.25, 0.3) is 10.2 Å². The molecule has 0 unspecified atom stereocenters. The molecule has 6 nitrogen and oxygen atoms in total. The quantitative estimate of drug-likeness (QED) is 0.721. The molecular formula is C20H18FN3O3S. The third-order valence-corrected chi connectivity index (χ3v) is 6.19. The molecule has 1 N–H and O–H groups in total. The molecule has 0 aliphatic carbocycles. The third kappa shape index (κ3) is 3.24. The maximum absolute atomic E-state index is 13.4. The minimum absolute atomic E-state index is 0.0184. The fourth-order valence-electron chi connectivity index (χ4n) is 3.57. The van der Waals surface area contributed by atoms with Crippen molar-refractivity contribution in [1.82, 2.24) is 4.98 Å². The summed E-state index contributed by atoms with van der Waals surface area (Å²) in [4.78, 5) is 19.4. The Hall–Kier alpha value is -2.87. The van der Waals surface area contributed by atoms with E-state index in [9.17, 15) is 9.18 Å². The highest BCUT2D eigenvalue weighted by Crippen LogP contribution is 2.35. The number of benzene rings is 2. The maximum atomic E-state index is 13.4. The minimum Gasteiger partial charge on any atom is -0.454 e. The highest BCUT2D eigenvalue weighted by atomic mass is 32.1. The number of rotatable bonds is 3. The van der Waals surface area contributed by atoms with E-state index in [4.69, 9.17) is 9.47 Å². The molecule has 0 spiro atoms. The summed E-state index contributed by atoms with van der Waals surface area (Å²) in [7, 11) is 0. The van der Waals surface area contributed by atoms with Crippen molar-refractivity contribution in [3.05, 3.63) is 42.2 Å². The predicted octanol–water partition coefficient (Wildman–Crippen LogP) is 4.02. The molecule has 144 valence electrons. The zero-order valence-electron chi connectivity index (χ0n) is 15.0. The van der Waals surface area contributed by atoms with Gasteiger partial charge in [-0.25, -0.2) is 9.37 Å². The van der Waals surface area contributed by atoms with Crippen LogP contribution in [0.5, 0.6) is 11.5 Å². The van der Waals surface area contributed by atoms with Gasteiger partial charge >= 0.3 is 0 Å². The predicted molar refractivity (Wildman–Crippen MR) is 106 cm³/mol. The van der Waals surface area contributed by atoms with E-state index in [2.05, 4.69) is 15.2 Å². The summed E-state index contributed by atoms with van der Waals surface area (Å²) in [5.74, 6) is 1.07. The number of halogens is 1. The van der Waals surface area contributed by atoms with Crippen LogP contribution >= 0.6 is 11.3 Å². The van der Waals surface area contributed by atoms with Crippen molar-refractivity contribution in [3.63, 3.8) is 0 Å². The van der Waals surface area contributed by atoms with Gasteiger partial charge in [0.1, 0.15) is 5.82 Å². The number of carbonyl (C=O) groups excluding carboxylic acids is 1. The Bertz CT molecular complexity index is 1050. The van der Waals surface area contributed by atoms with Gasteiger partial charge in [-0.3, -0.25) is 4.79 Å². The van der Waals surface area contributed by atoms with Crippen molar-refractivity contribution < 1.29 is 18.7 Å². The van der Waals surface area contributed by atoms with Crippen molar-refractivity contribution in [1.29, 1.82) is 0 Å². The molecule has 0 atom stereocenters. The largest absolute Gasteiger partial charge is 0.454 e. The lowest BCUT2D eigenvalue weighted by molar-refractivity contribution is -0.120. The van der Waals surface area contributed by atoms with E-state index in [0.717, 1.165) is 41.3 Å². The lowest BCUT2D eigenvalue weighted by atomic mass is 9.96. The van der Waals surface area contributed by atoms with Gasteiger partial charge in [0.05, 0.1) is 10.2 Å². The monoisotopic (exact) mass is 399 g/mol. The fraction of sp³-hybridized carbons (Fsp3) is 0.300. The summed E-state index contributed by atoms with van der Waals surface area (Å²) in [5, 5.41) is 3.86. The second-order valence-corrected chi connectivity index (χ2v) is 7.94. The van der Waals surface area contributed by atoms with Crippen LogP contribution < -0.4 is 19.7 Å². The minimum atomic E-state index is -0.249. The van der Waals surface area contributed by atoms with Crippen LogP contribution in [0, 0.1) is 11.7 Å². The second kappa shape index (κ2) is 6.94. The number of nitrogens with zero attached hydrogens (tertiary/aromatic N) is 2. The Labute approximate surface area is 164 Å². The number of piperidine rings is 1. The van der Waals surface area contributed by atoms with Crippen molar-refractivity contribution in [2.45, 2.75) is 12.8 Å². The van der Waals surface area contributed by atoms with Gasteiger partial charge in [0, 0.05) is 30.8 Å². The standard InChI is InChI=1S/C20H18FN3O3S/c21-13-1-3-15-18(9-13)28-20(23-15)24-7-5-12(6-8-24)19(25)22-14-2-4-16-17(10-14)27-11-26-16/h1-4,9-10,12H,5-8,11H2,(H,22,25). The van der Waals surface area contributed by atoms with Gasteiger partial charge in [-0.15, -0.1) is 0 Å². The van der Waals surface area contributed by atoms with Crippen LogP contribution in [0.2, 0.25) is 0 Å². The summed E-state index contributed by atoms with van der Waals surface area (Å²) in [6.07, 6.45) is 1.50. The van der Waals surface area contributed by atoms with E-state index in [1.165, 1.54) is 23.5 Å². The number of aromatic nitrogens is 1. The van der Waals surface area contributed by atoms with E-state index in [1.54, 1.807) is 18.2 Å². The summed E-state index contributed by atoms with van der Waals surface area (Å²) < 4.78 is 24.9. The lowest BCUT2D eigenvalue weighted by Crippen LogP contribution is -2.38. The van der Waals surface area contributed by atoms with Gasteiger partial charge in [-0.2, -0.15) is 0 Å². The number of ether oxygens (including phenoxy) is 2. The summed E-state index contributed by atoms with van der Waals surface area (Å²) in [5.41, 5.74) is 1.52. The third-order valence-electron chi connectivity index (χ3n) is 5.12. The van der Waals surface area contributed by atoms with Crippen LogP contribution in [0.4, 0.5) is 15.2 Å². The molecule has 0 saturated carbocycles. The first-order chi connectivity index (χ1) is 13.7.